The van der Waals surface area contributed by atoms with Crippen molar-refractivity contribution in [2.45, 2.75) is 57.7 Å². The molecule has 0 aliphatic carbocycles. The second kappa shape index (κ2) is 12.5. The predicted molar refractivity (Wildman–Crippen MR) is 149 cm³/mol. The average Bonchev–Trinajstić information content (AvgIpc) is 2.94. The fourth-order valence-electron chi connectivity index (χ4n) is 4.83. The van der Waals surface area contributed by atoms with Gasteiger partial charge in [0.15, 0.2) is 0 Å². The van der Waals surface area contributed by atoms with Crippen molar-refractivity contribution < 1.29 is 40.6 Å². The van der Waals surface area contributed by atoms with Crippen molar-refractivity contribution in [3.05, 3.63) is 68.7 Å². The highest BCUT2D eigenvalue weighted by Gasteiger charge is 2.42. The third kappa shape index (κ3) is 6.81. The lowest BCUT2D eigenvalue weighted by Crippen LogP contribution is -2.48. The molecule has 0 saturated carbocycles. The lowest BCUT2D eigenvalue weighted by Gasteiger charge is -2.43. The van der Waals surface area contributed by atoms with Crippen molar-refractivity contribution in [3.8, 4) is 5.88 Å². The Labute approximate surface area is 251 Å². The van der Waals surface area contributed by atoms with Gasteiger partial charge in [-0.1, -0.05) is 6.92 Å². The molecule has 2 atom stereocenters. The van der Waals surface area contributed by atoms with E-state index in [1.54, 1.807) is 19.1 Å². The molecule has 1 aliphatic rings. The second-order valence-corrected chi connectivity index (χ2v) is 10.6. The molecule has 4 rings (SSSR count). The van der Waals surface area contributed by atoms with Crippen LogP contribution in [0.15, 0.2) is 42.7 Å². The maximum atomic E-state index is 13.7. The number of fused-ring (bicyclic) bond motifs is 1. The largest absolute Gasteiger partial charge is 0.481 e. The molecule has 0 spiro atoms. The van der Waals surface area contributed by atoms with Crippen LogP contribution >= 0.6 is 22.6 Å². The first-order valence-corrected chi connectivity index (χ1v) is 13.9. The smallest absolute Gasteiger partial charge is 0.416 e. The molecular formula is C27H26F6IN5O3. The summed E-state index contributed by atoms with van der Waals surface area (Å²) in [5.74, 6) is 0.251. The zero-order chi connectivity index (χ0) is 30.8. The number of carbonyl (C=O) groups excluding carboxylic acids is 1. The van der Waals surface area contributed by atoms with E-state index in [0.717, 1.165) is 0 Å². The van der Waals surface area contributed by atoms with Gasteiger partial charge in [0.25, 0.3) is 0 Å². The van der Waals surface area contributed by atoms with Crippen LogP contribution in [-0.4, -0.2) is 40.8 Å². The van der Waals surface area contributed by atoms with Gasteiger partial charge in [-0.25, -0.2) is 19.7 Å². The van der Waals surface area contributed by atoms with Gasteiger partial charge in [0.2, 0.25) is 11.8 Å². The van der Waals surface area contributed by atoms with Crippen LogP contribution in [0.1, 0.15) is 55.1 Å². The fourth-order valence-corrected chi connectivity index (χ4v) is 5.11. The van der Waals surface area contributed by atoms with Crippen LogP contribution in [0.25, 0.3) is 0 Å². The van der Waals surface area contributed by atoms with Gasteiger partial charge in [0, 0.05) is 34.6 Å². The molecule has 1 aliphatic heterocycles. The Morgan fingerprint density at radius 2 is 1.67 bits per heavy atom. The second-order valence-electron chi connectivity index (χ2n) is 9.38. The van der Waals surface area contributed by atoms with E-state index in [1.807, 2.05) is 29.5 Å². The number of pyridine rings is 1. The van der Waals surface area contributed by atoms with Gasteiger partial charge in [-0.05, 0) is 72.2 Å². The van der Waals surface area contributed by atoms with E-state index in [2.05, 4.69) is 15.0 Å². The van der Waals surface area contributed by atoms with Gasteiger partial charge in [-0.2, -0.15) is 26.3 Å². The molecule has 0 N–H and O–H groups in total. The maximum absolute atomic E-state index is 13.7. The molecule has 3 aromatic rings. The number of methoxy groups -OCH3 is 1. The summed E-state index contributed by atoms with van der Waals surface area (Å²) in [6.45, 7) is 3.21. The number of halogens is 7. The molecule has 15 heteroatoms. The van der Waals surface area contributed by atoms with Crippen molar-refractivity contribution in [1.29, 1.82) is 0 Å². The minimum atomic E-state index is -5.01. The number of anilines is 2. The maximum Gasteiger partial charge on any atom is 0.416 e. The summed E-state index contributed by atoms with van der Waals surface area (Å²) < 4.78 is 93.3. The lowest BCUT2D eigenvalue weighted by molar-refractivity contribution is -0.143. The number of carbonyl (C=O) groups is 1. The number of nitrogens with zero attached hydrogens (tertiary/aromatic N) is 5. The Balaban J connectivity index is 1.91. The van der Waals surface area contributed by atoms with Crippen LogP contribution in [0.2, 0.25) is 0 Å². The van der Waals surface area contributed by atoms with E-state index in [-0.39, 0.29) is 36.5 Å². The van der Waals surface area contributed by atoms with E-state index in [0.29, 0.717) is 33.5 Å². The zero-order valence-electron chi connectivity index (χ0n) is 22.6. The monoisotopic (exact) mass is 709 g/mol. The van der Waals surface area contributed by atoms with Gasteiger partial charge in [-0.15, -0.1) is 0 Å². The SMILES string of the molecule is CCOC(=O)N1c2ccc(OC)nc2[C@@H](N(Cc2cc(C(F)(F)F)cc(C(F)(F)F)c2)c2ncc(I)cn2)CC1CC. The van der Waals surface area contributed by atoms with Gasteiger partial charge in [0.05, 0.1) is 42.3 Å². The molecular weight excluding hydrogens is 683 g/mol. The first kappa shape index (κ1) is 31.6. The topological polar surface area (TPSA) is 80.7 Å². The Morgan fingerprint density at radius 3 is 2.19 bits per heavy atom. The third-order valence-electron chi connectivity index (χ3n) is 6.70. The number of benzene rings is 1. The highest BCUT2D eigenvalue weighted by molar-refractivity contribution is 14.1. The van der Waals surface area contributed by atoms with Crippen LogP contribution < -0.4 is 14.5 Å². The van der Waals surface area contributed by atoms with Gasteiger partial charge < -0.3 is 14.4 Å². The Hall–Kier alpha value is -3.37. The Kier molecular flexibility index (Phi) is 9.37. The van der Waals surface area contributed by atoms with Crippen molar-refractivity contribution in [3.63, 3.8) is 0 Å². The molecule has 0 saturated heterocycles. The number of rotatable bonds is 7. The number of aromatic nitrogens is 3. The Morgan fingerprint density at radius 1 is 1.05 bits per heavy atom. The fraction of sp³-hybridized carbons (Fsp3) is 0.407. The molecule has 0 radical (unpaired) electrons. The van der Waals surface area contributed by atoms with E-state index in [4.69, 9.17) is 9.47 Å². The molecule has 1 amide bonds. The first-order valence-electron chi connectivity index (χ1n) is 12.8. The standard InChI is InChI=1S/C27H26F6IN5O3/c1-4-19-11-21(23-20(6-7-22(37-23)41-3)39(19)25(40)42-5-2)38(24-35-12-18(34)13-36-24)14-15-8-16(26(28,29)30)10-17(9-15)27(31,32)33/h6-10,12-13,19,21H,4-5,11,14H2,1-3H3/t19?,21-/m0/s1. The first-order chi connectivity index (χ1) is 19.8. The number of alkyl halides is 6. The van der Waals surface area contributed by atoms with Crippen LogP contribution in [-0.2, 0) is 23.6 Å². The number of hydrogen-bond donors (Lipinski definition) is 0. The number of hydrogen-bond acceptors (Lipinski definition) is 7. The zero-order valence-corrected chi connectivity index (χ0v) is 24.8. The molecule has 1 aromatic carbocycles. The third-order valence-corrected chi connectivity index (χ3v) is 7.25. The normalized spacial score (nSPS) is 17.0. The van der Waals surface area contributed by atoms with E-state index < -0.39 is 48.2 Å². The van der Waals surface area contributed by atoms with Crippen LogP contribution in [0, 0.1) is 3.57 Å². The Bertz CT molecular complexity index is 1390. The summed E-state index contributed by atoms with van der Waals surface area (Å²) >= 11 is 1.98. The lowest BCUT2D eigenvalue weighted by atomic mass is 9.92. The van der Waals surface area contributed by atoms with E-state index in [9.17, 15) is 31.1 Å². The summed E-state index contributed by atoms with van der Waals surface area (Å²) in [5.41, 5.74) is -2.45. The molecule has 0 bridgehead atoms. The highest BCUT2D eigenvalue weighted by Crippen LogP contribution is 2.44. The minimum absolute atomic E-state index is 0.0568. The van der Waals surface area contributed by atoms with Crippen LogP contribution in [0.3, 0.4) is 0 Å². The van der Waals surface area contributed by atoms with Crippen LogP contribution in [0.5, 0.6) is 5.88 Å². The van der Waals surface area contributed by atoms with E-state index in [1.165, 1.54) is 29.3 Å². The molecule has 226 valence electrons. The predicted octanol–water partition coefficient (Wildman–Crippen LogP) is 7.42. The van der Waals surface area contributed by atoms with Gasteiger partial charge >= 0.3 is 18.4 Å². The molecule has 8 nitrogen and oxygen atoms in total. The summed E-state index contributed by atoms with van der Waals surface area (Å²) in [6.07, 6.45) is -7.02. The average molecular weight is 709 g/mol. The van der Waals surface area contributed by atoms with Crippen molar-refractivity contribution in [2.75, 3.05) is 23.5 Å². The minimum Gasteiger partial charge on any atom is -0.481 e. The van der Waals surface area contributed by atoms with Crippen molar-refractivity contribution in [2.24, 2.45) is 0 Å². The number of ether oxygens (including phenoxy) is 2. The van der Waals surface area contributed by atoms with Crippen molar-refractivity contribution in [1.82, 2.24) is 15.0 Å². The van der Waals surface area contributed by atoms with Gasteiger partial charge in [-0.3, -0.25) is 4.90 Å². The molecule has 1 unspecified atom stereocenters. The molecule has 2 aromatic heterocycles. The molecule has 3 heterocycles. The summed E-state index contributed by atoms with van der Waals surface area (Å²) in [7, 11) is 1.39. The molecule has 42 heavy (non-hydrogen) atoms. The van der Waals surface area contributed by atoms with Crippen molar-refractivity contribution >= 4 is 40.3 Å². The van der Waals surface area contributed by atoms with E-state index >= 15 is 0 Å². The molecule has 0 fully saturated rings. The highest BCUT2D eigenvalue weighted by atomic mass is 127. The van der Waals surface area contributed by atoms with Crippen LogP contribution in [0.4, 0.5) is 42.8 Å². The summed E-state index contributed by atoms with van der Waals surface area (Å²) in [5, 5.41) is 0. The summed E-state index contributed by atoms with van der Waals surface area (Å²) in [4.78, 5) is 29.2. The summed E-state index contributed by atoms with van der Waals surface area (Å²) in [6, 6.07) is 3.40. The number of amides is 1. The quantitative estimate of drug-likeness (QED) is 0.187. The van der Waals surface area contributed by atoms with Gasteiger partial charge in [0.1, 0.15) is 0 Å².